The highest BCUT2D eigenvalue weighted by atomic mass is 19.4. The molecule has 1 saturated carbocycles. The second-order valence-electron chi connectivity index (χ2n) is 7.63. The fraction of sp³-hybridized carbons (Fsp3) is 0.208. The average Bonchev–Trinajstić information content (AvgIpc) is 3.35. The summed E-state index contributed by atoms with van der Waals surface area (Å²) in [6, 6.07) is 21.2. The van der Waals surface area contributed by atoms with Crippen LogP contribution in [0.1, 0.15) is 27.4 Å². The Kier molecular flexibility index (Phi) is 3.97. The molecule has 1 aliphatic carbocycles. The first-order chi connectivity index (χ1) is 14.4. The van der Waals surface area contributed by atoms with Gasteiger partial charge in [0.25, 0.3) is 0 Å². The monoisotopic (exact) mass is 409 g/mol. The Morgan fingerprint density at radius 3 is 2.20 bits per heavy atom. The summed E-state index contributed by atoms with van der Waals surface area (Å²) in [5.74, 6) is -1.37. The van der Waals surface area contributed by atoms with Gasteiger partial charge >= 0.3 is 12.1 Å². The topological polar surface area (TPSA) is 29.5 Å². The van der Waals surface area contributed by atoms with E-state index >= 15 is 0 Å². The zero-order valence-corrected chi connectivity index (χ0v) is 16.1. The molecule has 0 saturated heterocycles. The lowest BCUT2D eigenvalue weighted by molar-refractivity contribution is -0.163. The van der Waals surface area contributed by atoms with Crippen LogP contribution < -0.4 is 4.90 Å². The smallest absolute Gasteiger partial charge is 0.401 e. The van der Waals surface area contributed by atoms with E-state index < -0.39 is 29.5 Å². The summed E-state index contributed by atoms with van der Waals surface area (Å²) in [4.78, 5) is 13.8. The predicted octanol–water partition coefficient (Wildman–Crippen LogP) is 5.59. The van der Waals surface area contributed by atoms with Gasteiger partial charge in [-0.1, -0.05) is 48.5 Å². The number of benzene rings is 3. The Labute approximate surface area is 171 Å². The van der Waals surface area contributed by atoms with Crippen molar-refractivity contribution in [1.82, 2.24) is 0 Å². The van der Waals surface area contributed by atoms with Crippen LogP contribution in [-0.4, -0.2) is 25.3 Å². The van der Waals surface area contributed by atoms with Gasteiger partial charge in [0.05, 0.1) is 18.7 Å². The Morgan fingerprint density at radius 2 is 1.60 bits per heavy atom. The molecule has 0 aromatic heterocycles. The van der Waals surface area contributed by atoms with Crippen LogP contribution in [-0.2, 0) is 10.2 Å². The van der Waals surface area contributed by atoms with Crippen molar-refractivity contribution in [1.29, 1.82) is 0 Å². The number of carbonyl (C=O) groups is 1. The lowest BCUT2D eigenvalue weighted by Crippen LogP contribution is -2.39. The highest BCUT2D eigenvalue weighted by Crippen LogP contribution is 2.75. The van der Waals surface area contributed by atoms with Crippen LogP contribution in [0.2, 0.25) is 0 Å². The number of hydrogen-bond donors (Lipinski definition) is 0. The summed E-state index contributed by atoms with van der Waals surface area (Å²) in [6.45, 7) is 0. The third kappa shape index (κ3) is 2.36. The number of anilines is 2. The number of ether oxygens (including phenoxy) is 1. The molecule has 1 aliphatic heterocycles. The molecule has 1 heterocycles. The SMILES string of the molecule is COC(=O)c1ccc2c(c1)[C@H]1[C@@H](N2c2ccccc2)[C@]1(c1ccccc1)C(F)(F)F. The molecule has 6 heteroatoms. The Balaban J connectivity index is 1.75. The molecule has 30 heavy (non-hydrogen) atoms. The number of esters is 1. The summed E-state index contributed by atoms with van der Waals surface area (Å²) >= 11 is 0. The van der Waals surface area contributed by atoms with Crippen LogP contribution >= 0.6 is 0 Å². The molecule has 3 atom stereocenters. The third-order valence-corrected chi connectivity index (χ3v) is 6.24. The van der Waals surface area contributed by atoms with E-state index in [-0.39, 0.29) is 11.1 Å². The molecular formula is C24H18F3NO2. The maximum absolute atomic E-state index is 14.7. The molecule has 0 spiro atoms. The van der Waals surface area contributed by atoms with Crippen molar-refractivity contribution < 1.29 is 22.7 Å². The standard InChI is InChI=1S/C24H18F3NO2/c1-30-22(29)15-12-13-19-18(14-15)20-21(28(19)17-10-6-3-7-11-17)23(20,24(25,26)27)16-8-4-2-5-9-16/h2-14,20-21H,1H3/t20-,21+,23+/m0/s1. The van der Waals surface area contributed by atoms with Crippen molar-refractivity contribution in [2.24, 2.45) is 0 Å². The minimum atomic E-state index is -4.46. The van der Waals surface area contributed by atoms with Crippen molar-refractivity contribution >= 4 is 17.3 Å². The van der Waals surface area contributed by atoms with Crippen LogP contribution in [0.3, 0.4) is 0 Å². The van der Waals surface area contributed by atoms with Gasteiger partial charge in [0, 0.05) is 17.3 Å². The van der Waals surface area contributed by atoms with E-state index in [4.69, 9.17) is 4.74 Å². The zero-order chi connectivity index (χ0) is 21.1. The number of alkyl halides is 3. The first-order valence-corrected chi connectivity index (χ1v) is 9.60. The van der Waals surface area contributed by atoms with E-state index in [9.17, 15) is 18.0 Å². The maximum Gasteiger partial charge on any atom is 0.401 e. The van der Waals surface area contributed by atoms with Crippen molar-refractivity contribution in [3.05, 3.63) is 95.6 Å². The van der Waals surface area contributed by atoms with E-state index in [0.29, 0.717) is 16.9 Å². The number of rotatable bonds is 3. The van der Waals surface area contributed by atoms with Gasteiger partial charge in [-0.3, -0.25) is 0 Å². The summed E-state index contributed by atoms with van der Waals surface area (Å²) in [7, 11) is 1.26. The summed E-state index contributed by atoms with van der Waals surface area (Å²) < 4.78 is 48.9. The van der Waals surface area contributed by atoms with Gasteiger partial charge < -0.3 is 9.64 Å². The van der Waals surface area contributed by atoms with Crippen molar-refractivity contribution in [3.63, 3.8) is 0 Å². The van der Waals surface area contributed by atoms with E-state index in [2.05, 4.69) is 0 Å². The van der Waals surface area contributed by atoms with Crippen molar-refractivity contribution in [3.8, 4) is 0 Å². The van der Waals surface area contributed by atoms with Gasteiger partial charge in [-0.05, 0) is 41.5 Å². The van der Waals surface area contributed by atoms with Crippen LogP contribution in [0.5, 0.6) is 0 Å². The molecule has 2 aliphatic rings. The van der Waals surface area contributed by atoms with E-state index in [1.165, 1.54) is 7.11 Å². The molecule has 0 bridgehead atoms. The molecule has 3 aromatic carbocycles. The number of nitrogens with zero attached hydrogens (tertiary/aromatic N) is 1. The number of fused-ring (bicyclic) bond motifs is 3. The van der Waals surface area contributed by atoms with Crippen LogP contribution in [0.4, 0.5) is 24.5 Å². The summed E-state index contributed by atoms with van der Waals surface area (Å²) in [5.41, 5.74) is 0.362. The zero-order valence-electron chi connectivity index (χ0n) is 16.1. The van der Waals surface area contributed by atoms with E-state index in [0.717, 1.165) is 0 Å². The number of halogens is 3. The molecule has 0 radical (unpaired) electrons. The van der Waals surface area contributed by atoms with Gasteiger partial charge in [0.2, 0.25) is 0 Å². The number of methoxy groups -OCH3 is 1. The molecule has 152 valence electrons. The lowest BCUT2D eigenvalue weighted by Gasteiger charge is -2.32. The maximum atomic E-state index is 14.7. The van der Waals surface area contributed by atoms with Gasteiger partial charge in [-0.2, -0.15) is 13.2 Å². The van der Waals surface area contributed by atoms with Gasteiger partial charge in [0.15, 0.2) is 0 Å². The van der Waals surface area contributed by atoms with Crippen LogP contribution in [0.25, 0.3) is 0 Å². The molecule has 0 unspecified atom stereocenters. The summed E-state index contributed by atoms with van der Waals surface area (Å²) in [5, 5.41) is 0. The molecule has 0 amide bonds. The molecule has 5 rings (SSSR count). The van der Waals surface area contributed by atoms with Gasteiger partial charge in [-0.25, -0.2) is 4.79 Å². The third-order valence-electron chi connectivity index (χ3n) is 6.24. The first-order valence-electron chi connectivity index (χ1n) is 9.60. The molecular weight excluding hydrogens is 391 g/mol. The minimum Gasteiger partial charge on any atom is -0.465 e. The lowest BCUT2D eigenvalue weighted by atomic mass is 9.87. The highest BCUT2D eigenvalue weighted by Gasteiger charge is 2.83. The van der Waals surface area contributed by atoms with E-state index in [1.54, 1.807) is 53.4 Å². The number of carbonyl (C=O) groups excluding carboxylic acids is 1. The van der Waals surface area contributed by atoms with Crippen molar-refractivity contribution in [2.45, 2.75) is 23.6 Å². The normalized spacial score (nSPS) is 24.2. The largest absolute Gasteiger partial charge is 0.465 e. The first kappa shape index (κ1) is 18.7. The van der Waals surface area contributed by atoms with Gasteiger partial charge in [-0.15, -0.1) is 0 Å². The molecule has 1 fully saturated rings. The Morgan fingerprint density at radius 1 is 0.967 bits per heavy atom. The fourth-order valence-corrected chi connectivity index (χ4v) is 5.02. The molecule has 3 aromatic rings. The summed E-state index contributed by atoms with van der Waals surface area (Å²) in [6.07, 6.45) is -4.46. The van der Waals surface area contributed by atoms with Crippen LogP contribution in [0.15, 0.2) is 78.9 Å². The second kappa shape index (κ2) is 6.36. The van der Waals surface area contributed by atoms with Crippen LogP contribution in [0, 0.1) is 0 Å². The Bertz CT molecular complexity index is 1110. The van der Waals surface area contributed by atoms with Crippen molar-refractivity contribution in [2.75, 3.05) is 12.0 Å². The number of hydrogen-bond acceptors (Lipinski definition) is 3. The second-order valence-corrected chi connectivity index (χ2v) is 7.63. The predicted molar refractivity (Wildman–Crippen MR) is 107 cm³/mol. The Hall–Kier alpha value is -3.28. The highest BCUT2D eigenvalue weighted by molar-refractivity contribution is 5.92. The number of para-hydroxylation sites is 1. The molecule has 0 N–H and O–H groups in total. The van der Waals surface area contributed by atoms with E-state index in [1.807, 2.05) is 30.3 Å². The minimum absolute atomic E-state index is 0.238. The average molecular weight is 409 g/mol. The quantitative estimate of drug-likeness (QED) is 0.528. The molecule has 3 nitrogen and oxygen atoms in total. The van der Waals surface area contributed by atoms with Gasteiger partial charge in [0.1, 0.15) is 5.41 Å². The fourth-order valence-electron chi connectivity index (χ4n) is 5.02.